The van der Waals surface area contributed by atoms with Gasteiger partial charge in [-0.15, -0.1) is 11.3 Å². The van der Waals surface area contributed by atoms with Crippen LogP contribution in [0.5, 0.6) is 11.5 Å². The van der Waals surface area contributed by atoms with Gasteiger partial charge in [-0.25, -0.2) is 9.37 Å². The summed E-state index contributed by atoms with van der Waals surface area (Å²) >= 11 is 1.56. The molecule has 0 bridgehead atoms. The second kappa shape index (κ2) is 6.91. The highest BCUT2D eigenvalue weighted by Crippen LogP contribution is 2.34. The molecule has 3 aromatic rings. The van der Waals surface area contributed by atoms with Crippen molar-refractivity contribution in [3.63, 3.8) is 0 Å². The Kier molecular flexibility index (Phi) is 4.24. The first-order valence-electron chi connectivity index (χ1n) is 9.11. The van der Waals surface area contributed by atoms with E-state index in [9.17, 15) is 9.18 Å². The third kappa shape index (κ3) is 3.11. The van der Waals surface area contributed by atoms with Crippen LogP contribution in [0.4, 0.5) is 4.39 Å². The van der Waals surface area contributed by atoms with Gasteiger partial charge in [0.1, 0.15) is 24.0 Å². The van der Waals surface area contributed by atoms with Gasteiger partial charge in [0.05, 0.1) is 12.2 Å². The highest BCUT2D eigenvalue weighted by molar-refractivity contribution is 7.15. The van der Waals surface area contributed by atoms with E-state index in [2.05, 4.69) is 0 Å². The van der Waals surface area contributed by atoms with Crippen LogP contribution in [0.1, 0.15) is 20.9 Å². The summed E-state index contributed by atoms with van der Waals surface area (Å²) in [5.41, 5.74) is 2.51. The molecule has 5 nitrogen and oxygen atoms in total. The zero-order valence-electron chi connectivity index (χ0n) is 15.0. The SMILES string of the molecule is O=C(c1ccc2c(c1)OCCO2)N1CCc2nc(-c3ccc(F)cc3)sc2C1. The Morgan fingerprint density at radius 1 is 1.07 bits per heavy atom. The van der Waals surface area contributed by atoms with E-state index < -0.39 is 0 Å². The Hall–Kier alpha value is -2.93. The number of hydrogen-bond acceptors (Lipinski definition) is 5. The van der Waals surface area contributed by atoms with Crippen molar-refractivity contribution in [3.05, 3.63) is 64.4 Å². The summed E-state index contributed by atoms with van der Waals surface area (Å²) in [5, 5.41) is 0.860. The van der Waals surface area contributed by atoms with E-state index in [1.54, 1.807) is 41.7 Å². The van der Waals surface area contributed by atoms with Crippen LogP contribution in [-0.2, 0) is 13.0 Å². The number of carbonyl (C=O) groups excluding carboxylic acids is 1. The monoisotopic (exact) mass is 396 g/mol. The fraction of sp³-hybridized carbons (Fsp3) is 0.238. The van der Waals surface area contributed by atoms with E-state index in [1.807, 2.05) is 4.90 Å². The molecule has 1 aromatic heterocycles. The topological polar surface area (TPSA) is 51.7 Å². The molecule has 3 heterocycles. The molecule has 0 atom stereocenters. The minimum absolute atomic E-state index is 0.0284. The van der Waals surface area contributed by atoms with Crippen molar-refractivity contribution in [2.75, 3.05) is 19.8 Å². The number of carbonyl (C=O) groups is 1. The van der Waals surface area contributed by atoms with Crippen LogP contribution in [0.15, 0.2) is 42.5 Å². The number of thiazole rings is 1. The first-order valence-corrected chi connectivity index (χ1v) is 9.92. The van der Waals surface area contributed by atoms with Gasteiger partial charge in [-0.3, -0.25) is 4.79 Å². The maximum absolute atomic E-state index is 13.2. The molecule has 2 aliphatic heterocycles. The van der Waals surface area contributed by atoms with Crippen molar-refractivity contribution in [1.82, 2.24) is 9.88 Å². The third-order valence-corrected chi connectivity index (χ3v) is 6.03. The molecule has 0 N–H and O–H groups in total. The molecule has 1 amide bonds. The summed E-state index contributed by atoms with van der Waals surface area (Å²) in [6, 6.07) is 11.7. The van der Waals surface area contributed by atoms with Crippen LogP contribution in [0.3, 0.4) is 0 Å². The predicted molar refractivity (Wildman–Crippen MR) is 103 cm³/mol. The minimum atomic E-state index is -0.263. The molecule has 0 spiro atoms. The van der Waals surface area contributed by atoms with Gasteiger partial charge in [0.15, 0.2) is 11.5 Å². The molecule has 28 heavy (non-hydrogen) atoms. The number of benzene rings is 2. The maximum Gasteiger partial charge on any atom is 0.254 e. The van der Waals surface area contributed by atoms with E-state index in [0.717, 1.165) is 21.1 Å². The first kappa shape index (κ1) is 17.2. The average molecular weight is 396 g/mol. The van der Waals surface area contributed by atoms with Crippen LogP contribution in [0.25, 0.3) is 10.6 Å². The molecule has 0 radical (unpaired) electrons. The number of fused-ring (bicyclic) bond motifs is 2. The number of amides is 1. The van der Waals surface area contributed by atoms with Gasteiger partial charge in [0.25, 0.3) is 5.91 Å². The molecular formula is C21H17FN2O3S. The lowest BCUT2D eigenvalue weighted by Gasteiger charge is -2.27. The summed E-state index contributed by atoms with van der Waals surface area (Å²) in [6.45, 7) is 2.16. The smallest absolute Gasteiger partial charge is 0.254 e. The van der Waals surface area contributed by atoms with Gasteiger partial charge in [0, 0.05) is 29.0 Å². The number of hydrogen-bond donors (Lipinski definition) is 0. The Morgan fingerprint density at radius 3 is 2.68 bits per heavy atom. The van der Waals surface area contributed by atoms with E-state index in [1.165, 1.54) is 12.1 Å². The van der Waals surface area contributed by atoms with E-state index >= 15 is 0 Å². The first-order chi connectivity index (χ1) is 13.7. The summed E-state index contributed by atoms with van der Waals surface area (Å²) < 4.78 is 24.3. The Labute approximate surface area is 165 Å². The number of ether oxygens (including phenoxy) is 2. The number of halogens is 1. The van der Waals surface area contributed by atoms with E-state index in [4.69, 9.17) is 14.5 Å². The van der Waals surface area contributed by atoms with E-state index in [-0.39, 0.29) is 11.7 Å². The largest absolute Gasteiger partial charge is 0.486 e. The van der Waals surface area contributed by atoms with Crippen LogP contribution in [0, 0.1) is 5.82 Å². The number of rotatable bonds is 2. The fourth-order valence-electron chi connectivity index (χ4n) is 3.44. The van der Waals surface area contributed by atoms with Crippen molar-refractivity contribution in [2.24, 2.45) is 0 Å². The van der Waals surface area contributed by atoms with Gasteiger partial charge < -0.3 is 14.4 Å². The van der Waals surface area contributed by atoms with Gasteiger partial charge in [-0.1, -0.05) is 0 Å². The molecule has 7 heteroatoms. The Bertz CT molecular complexity index is 1050. The zero-order chi connectivity index (χ0) is 19.1. The Morgan fingerprint density at radius 2 is 1.86 bits per heavy atom. The fourth-order valence-corrected chi connectivity index (χ4v) is 4.57. The molecule has 0 saturated heterocycles. The summed E-state index contributed by atoms with van der Waals surface area (Å²) in [7, 11) is 0. The molecule has 5 rings (SSSR count). The minimum Gasteiger partial charge on any atom is -0.486 e. The second-order valence-electron chi connectivity index (χ2n) is 6.73. The molecule has 0 saturated carbocycles. The van der Waals surface area contributed by atoms with Crippen LogP contribution >= 0.6 is 11.3 Å². The van der Waals surface area contributed by atoms with Gasteiger partial charge in [0.2, 0.25) is 0 Å². The van der Waals surface area contributed by atoms with Gasteiger partial charge >= 0.3 is 0 Å². The lowest BCUT2D eigenvalue weighted by molar-refractivity contribution is 0.0735. The van der Waals surface area contributed by atoms with Crippen LogP contribution in [0.2, 0.25) is 0 Å². The molecule has 2 aliphatic rings. The third-order valence-electron chi connectivity index (χ3n) is 4.90. The molecular weight excluding hydrogens is 379 g/mol. The standard InChI is InChI=1S/C21H17FN2O3S/c22-15-4-1-13(2-5-15)20-23-16-7-8-24(12-19(16)28-20)21(25)14-3-6-17-18(11-14)27-10-9-26-17/h1-6,11H,7-10,12H2. The van der Waals surface area contributed by atoms with Crippen LogP contribution < -0.4 is 9.47 Å². The lowest BCUT2D eigenvalue weighted by Crippen LogP contribution is -2.35. The maximum atomic E-state index is 13.2. The van der Waals surface area contributed by atoms with Gasteiger partial charge in [-0.2, -0.15) is 0 Å². The van der Waals surface area contributed by atoms with E-state index in [0.29, 0.717) is 49.8 Å². The van der Waals surface area contributed by atoms with Crippen molar-refractivity contribution >= 4 is 17.2 Å². The normalized spacial score (nSPS) is 15.2. The Balaban J connectivity index is 1.37. The molecule has 0 aliphatic carbocycles. The summed E-state index contributed by atoms with van der Waals surface area (Å²) in [6.07, 6.45) is 0.712. The van der Waals surface area contributed by atoms with Crippen molar-refractivity contribution in [3.8, 4) is 22.1 Å². The quantitative estimate of drug-likeness (QED) is 0.659. The van der Waals surface area contributed by atoms with Crippen molar-refractivity contribution < 1.29 is 18.7 Å². The van der Waals surface area contributed by atoms with Gasteiger partial charge in [-0.05, 0) is 42.5 Å². The lowest BCUT2D eigenvalue weighted by atomic mass is 10.1. The zero-order valence-corrected chi connectivity index (χ0v) is 15.8. The number of aromatic nitrogens is 1. The van der Waals surface area contributed by atoms with Crippen molar-refractivity contribution in [1.29, 1.82) is 0 Å². The highest BCUT2D eigenvalue weighted by atomic mass is 32.1. The summed E-state index contributed by atoms with van der Waals surface area (Å²) in [4.78, 5) is 20.6. The summed E-state index contributed by atoms with van der Waals surface area (Å²) in [5.74, 6) is 1.00. The van der Waals surface area contributed by atoms with Crippen molar-refractivity contribution in [2.45, 2.75) is 13.0 Å². The molecule has 0 fully saturated rings. The molecule has 142 valence electrons. The molecule has 2 aromatic carbocycles. The highest BCUT2D eigenvalue weighted by Gasteiger charge is 2.26. The van der Waals surface area contributed by atoms with Crippen LogP contribution in [-0.4, -0.2) is 35.5 Å². The average Bonchev–Trinajstić information content (AvgIpc) is 3.16. The molecule has 0 unspecified atom stereocenters. The predicted octanol–water partition coefficient (Wildman–Crippen LogP) is 3.92. The number of nitrogens with zero attached hydrogens (tertiary/aromatic N) is 2. The second-order valence-corrected chi connectivity index (χ2v) is 7.81.